The molecule has 0 saturated carbocycles. The number of amides is 1. The van der Waals surface area contributed by atoms with Gasteiger partial charge in [0.1, 0.15) is 18.3 Å². The van der Waals surface area contributed by atoms with Gasteiger partial charge in [-0.3, -0.25) is 4.90 Å². The lowest BCUT2D eigenvalue weighted by atomic mass is 10.1. The summed E-state index contributed by atoms with van der Waals surface area (Å²) in [4.78, 5) is 25.3. The third-order valence-electron chi connectivity index (χ3n) is 3.48. The average molecular weight is 339 g/mol. The second-order valence-electron chi connectivity index (χ2n) is 6.68. The highest BCUT2D eigenvalue weighted by Crippen LogP contribution is 2.25. The molecule has 24 heavy (non-hydrogen) atoms. The first-order valence-corrected chi connectivity index (χ1v) is 7.71. The Balaban J connectivity index is 2.06. The van der Waals surface area contributed by atoms with Gasteiger partial charge in [0.15, 0.2) is 12.2 Å². The summed E-state index contributed by atoms with van der Waals surface area (Å²) in [5, 5.41) is 9.69. The van der Waals surface area contributed by atoms with Crippen molar-refractivity contribution in [1.82, 2.24) is 4.90 Å². The van der Waals surface area contributed by atoms with Crippen molar-refractivity contribution in [2.24, 2.45) is 0 Å². The zero-order valence-corrected chi connectivity index (χ0v) is 13.9. The molecule has 1 saturated heterocycles. The van der Waals surface area contributed by atoms with Crippen LogP contribution < -0.4 is 0 Å². The molecule has 3 atom stereocenters. The molecule has 1 aliphatic heterocycles. The fourth-order valence-electron chi connectivity index (χ4n) is 2.38. The van der Waals surface area contributed by atoms with Crippen molar-refractivity contribution in [1.29, 1.82) is 0 Å². The Hall–Kier alpha value is -2.15. The van der Waals surface area contributed by atoms with Gasteiger partial charge in [0, 0.05) is 0 Å². The predicted octanol–water partition coefficient (Wildman–Crippen LogP) is 2.05. The minimum atomic E-state index is -1.92. The van der Waals surface area contributed by atoms with Crippen LogP contribution in [0.25, 0.3) is 0 Å². The minimum Gasteiger partial charge on any atom is -0.459 e. The van der Waals surface area contributed by atoms with Gasteiger partial charge in [-0.25, -0.2) is 14.0 Å². The van der Waals surface area contributed by atoms with Gasteiger partial charge in [0.05, 0.1) is 6.54 Å². The number of hydrogen-bond donors (Lipinski definition) is 1. The Morgan fingerprint density at radius 3 is 2.50 bits per heavy atom. The molecule has 2 rings (SSSR count). The Labute approximate surface area is 140 Å². The SMILES string of the molecule is CC(C)(C)OC(=O)N1C[C@H](O)[C@H](F)[C@H]1C(=O)OCc1ccccc1. The lowest BCUT2D eigenvalue weighted by Gasteiger charge is -2.27. The first kappa shape index (κ1) is 18.2. The van der Waals surface area contributed by atoms with Gasteiger partial charge in [-0.05, 0) is 26.3 Å². The van der Waals surface area contributed by atoms with Crippen LogP contribution in [-0.4, -0.2) is 52.5 Å². The lowest BCUT2D eigenvalue weighted by molar-refractivity contribution is -0.152. The fourth-order valence-corrected chi connectivity index (χ4v) is 2.38. The van der Waals surface area contributed by atoms with Crippen LogP contribution in [0.4, 0.5) is 9.18 Å². The monoisotopic (exact) mass is 339 g/mol. The number of likely N-dealkylation sites (tertiary alicyclic amines) is 1. The van der Waals surface area contributed by atoms with Crippen molar-refractivity contribution >= 4 is 12.1 Å². The van der Waals surface area contributed by atoms with Crippen molar-refractivity contribution in [3.8, 4) is 0 Å². The van der Waals surface area contributed by atoms with Gasteiger partial charge in [-0.15, -0.1) is 0 Å². The molecule has 0 bridgehead atoms. The molecule has 0 aromatic heterocycles. The Bertz CT molecular complexity index is 586. The summed E-state index contributed by atoms with van der Waals surface area (Å²) in [7, 11) is 0. The van der Waals surface area contributed by atoms with Crippen LogP contribution in [0.2, 0.25) is 0 Å². The quantitative estimate of drug-likeness (QED) is 0.853. The number of nitrogens with zero attached hydrogens (tertiary/aromatic N) is 1. The van der Waals surface area contributed by atoms with Crippen molar-refractivity contribution < 1.29 is 28.6 Å². The summed E-state index contributed by atoms with van der Waals surface area (Å²) in [5.41, 5.74) is -0.0572. The number of ether oxygens (including phenoxy) is 2. The number of carbonyl (C=O) groups is 2. The van der Waals surface area contributed by atoms with E-state index in [1.165, 1.54) is 0 Å². The summed E-state index contributed by atoms with van der Waals surface area (Å²) in [6.45, 7) is 4.62. The number of halogens is 1. The van der Waals surface area contributed by atoms with Crippen LogP contribution in [0.1, 0.15) is 26.3 Å². The number of carbonyl (C=O) groups excluding carboxylic acids is 2. The van der Waals surface area contributed by atoms with Crippen LogP contribution >= 0.6 is 0 Å². The van der Waals surface area contributed by atoms with Gasteiger partial charge in [0.2, 0.25) is 0 Å². The van der Waals surface area contributed by atoms with Gasteiger partial charge in [0.25, 0.3) is 0 Å². The molecule has 0 spiro atoms. The molecule has 1 aromatic carbocycles. The maximum atomic E-state index is 14.2. The number of aliphatic hydroxyl groups is 1. The highest BCUT2D eigenvalue weighted by Gasteiger charge is 2.50. The van der Waals surface area contributed by atoms with E-state index in [1.807, 2.05) is 6.07 Å². The zero-order chi connectivity index (χ0) is 17.9. The van der Waals surface area contributed by atoms with Crippen LogP contribution in [0.15, 0.2) is 30.3 Å². The number of alkyl halides is 1. The number of β-amino-alcohol motifs (C(OH)–C–C–N with tert-alkyl or cyclic N) is 1. The first-order valence-electron chi connectivity index (χ1n) is 7.71. The molecule has 0 aliphatic carbocycles. The van der Waals surface area contributed by atoms with E-state index in [0.717, 1.165) is 10.5 Å². The topological polar surface area (TPSA) is 76.1 Å². The minimum absolute atomic E-state index is 0.0405. The van der Waals surface area contributed by atoms with E-state index in [1.54, 1.807) is 45.0 Å². The smallest absolute Gasteiger partial charge is 0.411 e. The molecular formula is C17H22FNO5. The first-order chi connectivity index (χ1) is 11.2. The van der Waals surface area contributed by atoms with Gasteiger partial charge in [-0.1, -0.05) is 30.3 Å². The number of esters is 1. The summed E-state index contributed by atoms with van der Waals surface area (Å²) >= 11 is 0. The van der Waals surface area contributed by atoms with E-state index in [4.69, 9.17) is 9.47 Å². The molecule has 132 valence electrons. The Kier molecular flexibility index (Phi) is 5.43. The Morgan fingerprint density at radius 1 is 1.29 bits per heavy atom. The maximum absolute atomic E-state index is 14.2. The van der Waals surface area contributed by atoms with Crippen molar-refractivity contribution in [2.75, 3.05) is 6.54 Å². The number of aliphatic hydroxyl groups excluding tert-OH is 1. The lowest BCUT2D eigenvalue weighted by Crippen LogP contribution is -2.46. The second-order valence-corrected chi connectivity index (χ2v) is 6.68. The van der Waals surface area contributed by atoms with E-state index in [0.29, 0.717) is 0 Å². The molecule has 6 nitrogen and oxygen atoms in total. The van der Waals surface area contributed by atoms with E-state index in [9.17, 15) is 19.1 Å². The molecule has 1 N–H and O–H groups in total. The molecule has 0 unspecified atom stereocenters. The third-order valence-corrected chi connectivity index (χ3v) is 3.48. The number of hydrogen-bond acceptors (Lipinski definition) is 5. The summed E-state index contributed by atoms with van der Waals surface area (Å²) < 4.78 is 24.5. The number of rotatable bonds is 3. The fraction of sp³-hybridized carbons (Fsp3) is 0.529. The number of benzene rings is 1. The molecule has 1 fully saturated rings. The Morgan fingerprint density at radius 2 is 1.92 bits per heavy atom. The summed E-state index contributed by atoms with van der Waals surface area (Å²) in [6.07, 6.45) is -4.23. The van der Waals surface area contributed by atoms with Crippen LogP contribution in [0.3, 0.4) is 0 Å². The highest BCUT2D eigenvalue weighted by atomic mass is 19.1. The van der Waals surface area contributed by atoms with Crippen LogP contribution in [0.5, 0.6) is 0 Å². The molecule has 1 heterocycles. The summed E-state index contributed by atoms with van der Waals surface area (Å²) in [5.74, 6) is -0.909. The van der Waals surface area contributed by atoms with Gasteiger partial charge >= 0.3 is 12.1 Å². The molecular weight excluding hydrogens is 317 g/mol. The summed E-state index contributed by atoms with van der Waals surface area (Å²) in [6, 6.07) is 7.39. The largest absolute Gasteiger partial charge is 0.459 e. The van der Waals surface area contributed by atoms with Crippen LogP contribution in [-0.2, 0) is 20.9 Å². The maximum Gasteiger partial charge on any atom is 0.411 e. The molecule has 0 radical (unpaired) electrons. The third kappa shape index (κ3) is 4.44. The zero-order valence-electron chi connectivity index (χ0n) is 13.9. The molecule has 1 amide bonds. The van der Waals surface area contributed by atoms with Crippen molar-refractivity contribution in [3.05, 3.63) is 35.9 Å². The molecule has 1 aliphatic rings. The van der Waals surface area contributed by atoms with Crippen LogP contribution in [0, 0.1) is 0 Å². The second kappa shape index (κ2) is 7.17. The van der Waals surface area contributed by atoms with Gasteiger partial charge in [-0.2, -0.15) is 0 Å². The van der Waals surface area contributed by atoms with E-state index in [-0.39, 0.29) is 13.2 Å². The predicted molar refractivity (Wildman–Crippen MR) is 83.9 cm³/mol. The van der Waals surface area contributed by atoms with E-state index in [2.05, 4.69) is 0 Å². The average Bonchev–Trinajstić information content (AvgIpc) is 2.80. The normalized spacial score (nSPS) is 23.9. The highest BCUT2D eigenvalue weighted by molar-refractivity contribution is 5.83. The van der Waals surface area contributed by atoms with Crippen molar-refractivity contribution in [3.63, 3.8) is 0 Å². The van der Waals surface area contributed by atoms with E-state index >= 15 is 0 Å². The molecule has 1 aromatic rings. The standard InChI is InChI=1S/C17H22FNO5/c1-17(2,3)24-16(22)19-9-12(20)13(18)14(19)15(21)23-10-11-7-5-4-6-8-11/h4-8,12-14,20H,9-10H2,1-3H3/t12-,13-,14-/m0/s1. The van der Waals surface area contributed by atoms with E-state index < -0.39 is 36.0 Å². The van der Waals surface area contributed by atoms with Gasteiger partial charge < -0.3 is 14.6 Å². The molecule has 7 heteroatoms. The van der Waals surface area contributed by atoms with Crippen molar-refractivity contribution in [2.45, 2.75) is 51.3 Å².